The molecule has 1 saturated heterocycles. The Morgan fingerprint density at radius 1 is 1.29 bits per heavy atom. The number of hydrogen-bond acceptors (Lipinski definition) is 2. The maximum atomic E-state index is 13.9. The molecule has 92 valence electrons. The second-order valence-corrected chi connectivity index (χ2v) is 4.70. The van der Waals surface area contributed by atoms with Crippen LogP contribution in [0.25, 0.3) is 0 Å². The second-order valence-electron chi connectivity index (χ2n) is 4.70. The van der Waals surface area contributed by atoms with E-state index in [1.54, 1.807) is 0 Å². The van der Waals surface area contributed by atoms with Gasteiger partial charge in [0.2, 0.25) is 0 Å². The lowest BCUT2D eigenvalue weighted by Gasteiger charge is -2.25. The van der Waals surface area contributed by atoms with Crippen LogP contribution in [0.2, 0.25) is 0 Å². The van der Waals surface area contributed by atoms with Crippen LogP contribution in [-0.4, -0.2) is 19.7 Å². The summed E-state index contributed by atoms with van der Waals surface area (Å²) in [6.45, 7) is 2.18. The number of fused-ring (bicyclic) bond motifs is 1. The van der Waals surface area contributed by atoms with Crippen LogP contribution in [0, 0.1) is 11.6 Å². The smallest absolute Gasteiger partial charge is 0.133 e. The highest BCUT2D eigenvalue weighted by molar-refractivity contribution is 5.47. The predicted octanol–water partition coefficient (Wildman–Crippen LogP) is 2.37. The van der Waals surface area contributed by atoms with Gasteiger partial charge in [0, 0.05) is 36.1 Å². The largest absolute Gasteiger partial charge is 0.492 e. The van der Waals surface area contributed by atoms with Gasteiger partial charge in [0.05, 0.1) is 6.61 Å². The van der Waals surface area contributed by atoms with Gasteiger partial charge in [-0.2, -0.15) is 0 Å². The lowest BCUT2D eigenvalue weighted by Crippen LogP contribution is -2.29. The molecule has 1 aromatic rings. The number of nitrogens with one attached hydrogen (secondary N) is 1. The van der Waals surface area contributed by atoms with E-state index in [9.17, 15) is 8.78 Å². The fourth-order valence-electron chi connectivity index (χ4n) is 2.79. The summed E-state index contributed by atoms with van der Waals surface area (Å²) in [6.07, 6.45) is 2.51. The maximum Gasteiger partial charge on any atom is 0.133 e. The van der Waals surface area contributed by atoms with E-state index >= 15 is 0 Å². The molecule has 0 aliphatic carbocycles. The summed E-state index contributed by atoms with van der Waals surface area (Å²) >= 11 is 0. The van der Waals surface area contributed by atoms with E-state index in [0.717, 1.165) is 32.0 Å². The first-order valence-electron chi connectivity index (χ1n) is 6.11. The van der Waals surface area contributed by atoms with E-state index in [2.05, 4.69) is 5.32 Å². The number of rotatable bonds is 1. The van der Waals surface area contributed by atoms with E-state index in [1.807, 2.05) is 0 Å². The minimum atomic E-state index is -0.470. The molecule has 2 aliphatic rings. The van der Waals surface area contributed by atoms with Crippen molar-refractivity contribution in [2.24, 2.45) is 0 Å². The van der Waals surface area contributed by atoms with E-state index in [1.165, 1.54) is 0 Å². The van der Waals surface area contributed by atoms with Crippen LogP contribution in [0.3, 0.4) is 0 Å². The molecule has 2 nitrogen and oxygen atoms in total. The Balaban J connectivity index is 2.06. The molecular formula is C13H15F2NO. The predicted molar refractivity (Wildman–Crippen MR) is 60.4 cm³/mol. The quantitative estimate of drug-likeness (QED) is 0.812. The molecule has 17 heavy (non-hydrogen) atoms. The first kappa shape index (κ1) is 11.0. The zero-order valence-electron chi connectivity index (χ0n) is 9.56. The molecule has 3 rings (SSSR count). The van der Waals surface area contributed by atoms with Crippen LogP contribution < -0.4 is 10.1 Å². The third kappa shape index (κ3) is 1.80. The van der Waals surface area contributed by atoms with E-state index < -0.39 is 11.6 Å². The van der Waals surface area contributed by atoms with Crippen molar-refractivity contribution in [1.82, 2.24) is 5.32 Å². The summed E-state index contributed by atoms with van der Waals surface area (Å²) < 4.78 is 32.9. The molecule has 1 fully saturated rings. The Morgan fingerprint density at radius 2 is 2.18 bits per heavy atom. The molecule has 0 spiro atoms. The SMILES string of the molecule is Fc1cc(F)c(C2CCCNC2)c2c1CCO2. The van der Waals surface area contributed by atoms with Gasteiger partial charge in [-0.25, -0.2) is 8.78 Å². The molecule has 1 aromatic carbocycles. The molecule has 0 saturated carbocycles. The van der Waals surface area contributed by atoms with Gasteiger partial charge in [-0.05, 0) is 19.4 Å². The molecular weight excluding hydrogens is 224 g/mol. The minimum absolute atomic E-state index is 0.108. The molecule has 0 bridgehead atoms. The van der Waals surface area contributed by atoms with Gasteiger partial charge in [0.25, 0.3) is 0 Å². The zero-order chi connectivity index (χ0) is 11.8. The van der Waals surface area contributed by atoms with Gasteiger partial charge in [0.15, 0.2) is 0 Å². The number of hydrogen-bond donors (Lipinski definition) is 1. The summed E-state index contributed by atoms with van der Waals surface area (Å²) in [7, 11) is 0. The monoisotopic (exact) mass is 239 g/mol. The first-order valence-corrected chi connectivity index (χ1v) is 6.11. The normalized spacial score (nSPS) is 23.3. The molecule has 0 amide bonds. The Labute approximate surface area is 99.0 Å². The van der Waals surface area contributed by atoms with Crippen molar-refractivity contribution in [3.8, 4) is 5.75 Å². The number of halogens is 2. The third-order valence-corrected chi connectivity index (χ3v) is 3.62. The van der Waals surface area contributed by atoms with Gasteiger partial charge in [-0.3, -0.25) is 0 Å². The van der Waals surface area contributed by atoms with Gasteiger partial charge in [0.1, 0.15) is 17.4 Å². The summed E-state index contributed by atoms with van der Waals surface area (Å²) in [5.41, 5.74) is 1.12. The highest BCUT2D eigenvalue weighted by Crippen LogP contribution is 2.40. The van der Waals surface area contributed by atoms with Crippen LogP contribution >= 0.6 is 0 Å². The maximum absolute atomic E-state index is 13.9. The Bertz CT molecular complexity index is 442. The molecule has 2 heterocycles. The summed E-state index contributed by atoms with van der Waals surface area (Å²) in [6, 6.07) is 1.01. The van der Waals surface area contributed by atoms with Crippen LogP contribution in [-0.2, 0) is 6.42 Å². The number of benzene rings is 1. The average Bonchev–Trinajstić information content (AvgIpc) is 2.79. The van der Waals surface area contributed by atoms with E-state index in [-0.39, 0.29) is 5.92 Å². The Morgan fingerprint density at radius 3 is 2.94 bits per heavy atom. The highest BCUT2D eigenvalue weighted by atomic mass is 19.1. The lowest BCUT2D eigenvalue weighted by molar-refractivity contribution is 0.341. The molecule has 1 N–H and O–H groups in total. The second kappa shape index (κ2) is 4.26. The summed E-state index contributed by atoms with van der Waals surface area (Å²) in [5.74, 6) is -0.355. The van der Waals surface area contributed by atoms with Crippen molar-refractivity contribution in [2.75, 3.05) is 19.7 Å². The van der Waals surface area contributed by atoms with Crippen molar-refractivity contribution in [3.63, 3.8) is 0 Å². The Hall–Kier alpha value is -1.16. The molecule has 1 atom stereocenters. The number of piperidine rings is 1. The summed E-state index contributed by atoms with van der Waals surface area (Å²) in [5, 5.41) is 3.25. The van der Waals surface area contributed by atoms with Crippen molar-refractivity contribution >= 4 is 0 Å². The molecule has 2 aliphatic heterocycles. The van der Waals surface area contributed by atoms with Gasteiger partial charge in [-0.1, -0.05) is 0 Å². The topological polar surface area (TPSA) is 21.3 Å². The minimum Gasteiger partial charge on any atom is -0.492 e. The van der Waals surface area contributed by atoms with E-state index in [4.69, 9.17) is 4.74 Å². The fraction of sp³-hybridized carbons (Fsp3) is 0.538. The zero-order valence-corrected chi connectivity index (χ0v) is 9.56. The van der Waals surface area contributed by atoms with Crippen LogP contribution in [0.4, 0.5) is 8.78 Å². The molecule has 0 aromatic heterocycles. The van der Waals surface area contributed by atoms with Crippen molar-refractivity contribution < 1.29 is 13.5 Å². The third-order valence-electron chi connectivity index (χ3n) is 3.62. The fourth-order valence-corrected chi connectivity index (χ4v) is 2.79. The van der Waals surface area contributed by atoms with Crippen molar-refractivity contribution in [3.05, 3.63) is 28.8 Å². The molecule has 4 heteroatoms. The molecule has 1 unspecified atom stereocenters. The van der Waals surface area contributed by atoms with Gasteiger partial charge >= 0.3 is 0 Å². The van der Waals surface area contributed by atoms with E-state index in [0.29, 0.717) is 29.9 Å². The standard InChI is InChI=1S/C13H15F2NO/c14-10-6-11(15)12(8-2-1-4-16-7-8)13-9(10)3-5-17-13/h6,8,16H,1-5,7H2. The average molecular weight is 239 g/mol. The number of ether oxygens (including phenoxy) is 1. The van der Waals surface area contributed by atoms with Crippen LogP contribution in [0.15, 0.2) is 6.07 Å². The highest BCUT2D eigenvalue weighted by Gasteiger charge is 2.29. The van der Waals surface area contributed by atoms with Crippen molar-refractivity contribution in [1.29, 1.82) is 0 Å². The molecule has 0 radical (unpaired) electrons. The van der Waals surface area contributed by atoms with Crippen LogP contribution in [0.1, 0.15) is 29.9 Å². The first-order chi connectivity index (χ1) is 8.27. The van der Waals surface area contributed by atoms with Gasteiger partial charge < -0.3 is 10.1 Å². The Kier molecular flexibility index (Phi) is 2.74. The van der Waals surface area contributed by atoms with Crippen LogP contribution in [0.5, 0.6) is 5.75 Å². The summed E-state index contributed by atoms with van der Waals surface area (Å²) in [4.78, 5) is 0. The lowest BCUT2D eigenvalue weighted by atomic mass is 9.89. The van der Waals surface area contributed by atoms with Crippen molar-refractivity contribution in [2.45, 2.75) is 25.2 Å². The van der Waals surface area contributed by atoms with Gasteiger partial charge in [-0.15, -0.1) is 0 Å².